The maximum absolute atomic E-state index is 11.9. The van der Waals surface area contributed by atoms with Crippen LogP contribution in [0, 0.1) is 5.21 Å². The van der Waals surface area contributed by atoms with Gasteiger partial charge in [0.1, 0.15) is 6.17 Å². The molecule has 17 heavy (non-hydrogen) atoms. The molecule has 1 aromatic rings. The molecule has 1 atom stereocenters. The molecule has 1 aliphatic heterocycles. The Labute approximate surface area is 99.6 Å². The first-order chi connectivity index (χ1) is 7.88. The molecule has 0 fully saturated rings. The van der Waals surface area contributed by atoms with Gasteiger partial charge in [-0.3, -0.25) is 4.99 Å². The largest absolute Gasteiger partial charge is 0.757 e. The first kappa shape index (κ1) is 12.1. The monoisotopic (exact) mass is 253 g/mol. The summed E-state index contributed by atoms with van der Waals surface area (Å²) in [5, 5.41) is 14.0. The minimum atomic E-state index is -3.23. The molecule has 0 radical (unpaired) electrons. The molecule has 1 aromatic carbocycles. The molecular weight excluding hydrogens is 240 g/mol. The molecule has 92 valence electrons. The van der Waals surface area contributed by atoms with Gasteiger partial charge in [-0.05, 0) is 13.0 Å². The molecule has 1 unspecified atom stereocenters. The molecule has 0 saturated heterocycles. The summed E-state index contributed by atoms with van der Waals surface area (Å²) in [5.41, 5.74) is 0.504. The third-order valence-corrected chi connectivity index (χ3v) is 3.54. The van der Waals surface area contributed by atoms with E-state index in [2.05, 4.69) is 4.99 Å². The fraction of sp³-hybridized carbons (Fsp3) is 0.364. The van der Waals surface area contributed by atoms with Crippen LogP contribution in [-0.4, -0.2) is 31.7 Å². The van der Waals surface area contributed by atoms with Gasteiger partial charge in [0.2, 0.25) is 0 Å². The lowest BCUT2D eigenvalue weighted by Crippen LogP contribution is -2.45. The second kappa shape index (κ2) is 4.12. The highest BCUT2D eigenvalue weighted by Gasteiger charge is 2.19. The van der Waals surface area contributed by atoms with E-state index >= 15 is 0 Å². The zero-order valence-corrected chi connectivity index (χ0v) is 10.4. The van der Waals surface area contributed by atoms with Gasteiger partial charge in [-0.1, -0.05) is 18.2 Å². The third-order valence-electron chi connectivity index (χ3n) is 2.64. The lowest BCUT2D eigenvalue weighted by Gasteiger charge is -2.39. The standard InChI is InChI=1S/C11H13N2O3S/c1-8-9-5-3-4-6-10(9)12-11(13(8)14)7-17(2,15)16/h3-6,11H,7H2,1-2H3/q-1. The van der Waals surface area contributed by atoms with Crippen molar-refractivity contribution in [1.82, 2.24) is 5.06 Å². The van der Waals surface area contributed by atoms with Crippen LogP contribution in [0.15, 0.2) is 29.3 Å². The second-order valence-electron chi connectivity index (χ2n) is 4.13. The van der Waals surface area contributed by atoms with E-state index in [9.17, 15) is 13.6 Å². The van der Waals surface area contributed by atoms with Crippen LogP contribution in [0.2, 0.25) is 0 Å². The average Bonchev–Trinajstić information content (AvgIpc) is 2.24. The minimum Gasteiger partial charge on any atom is -0.757 e. The lowest BCUT2D eigenvalue weighted by atomic mass is 10.2. The molecule has 0 saturated carbocycles. The van der Waals surface area contributed by atoms with Crippen molar-refractivity contribution in [2.45, 2.75) is 13.1 Å². The summed E-state index contributed by atoms with van der Waals surface area (Å²) < 4.78 is 22.5. The normalized spacial score (nSPS) is 19.8. The number of hydroxylamine groups is 2. The van der Waals surface area contributed by atoms with Crippen LogP contribution in [0.5, 0.6) is 0 Å². The lowest BCUT2D eigenvalue weighted by molar-refractivity contribution is 0.401. The molecule has 0 aliphatic carbocycles. The number of hydrogen-bond donors (Lipinski definition) is 0. The Kier molecular flexibility index (Phi) is 2.92. The number of rotatable bonds is 2. The Morgan fingerprint density at radius 1 is 1.41 bits per heavy atom. The molecule has 1 aliphatic rings. The smallest absolute Gasteiger partial charge is 0.151 e. The number of benzene rings is 1. The van der Waals surface area contributed by atoms with Gasteiger partial charge in [-0.25, -0.2) is 8.42 Å². The van der Waals surface area contributed by atoms with E-state index in [0.29, 0.717) is 16.1 Å². The summed E-state index contributed by atoms with van der Waals surface area (Å²) in [5.74, 6) is -0.262. The first-order valence-electron chi connectivity index (χ1n) is 5.16. The summed E-state index contributed by atoms with van der Waals surface area (Å²) in [6, 6.07) is 7.22. The van der Waals surface area contributed by atoms with Gasteiger partial charge < -0.3 is 10.3 Å². The van der Waals surface area contributed by atoms with Crippen molar-refractivity contribution >= 4 is 15.5 Å². The number of nitrogens with zero attached hydrogens (tertiary/aromatic N) is 2. The van der Waals surface area contributed by atoms with E-state index in [0.717, 1.165) is 11.5 Å². The fourth-order valence-corrected chi connectivity index (χ4v) is 2.57. The highest BCUT2D eigenvalue weighted by molar-refractivity contribution is 7.90. The maximum atomic E-state index is 11.9. The average molecular weight is 253 g/mol. The highest BCUT2D eigenvalue weighted by Crippen LogP contribution is 2.11. The van der Waals surface area contributed by atoms with E-state index in [1.165, 1.54) is 0 Å². The Balaban J connectivity index is 2.54. The van der Waals surface area contributed by atoms with E-state index in [-0.39, 0.29) is 5.75 Å². The molecule has 0 N–H and O–H groups in total. The van der Waals surface area contributed by atoms with Crippen LogP contribution in [0.3, 0.4) is 0 Å². The van der Waals surface area contributed by atoms with E-state index in [1.807, 2.05) is 12.1 Å². The molecule has 1 heterocycles. The van der Waals surface area contributed by atoms with Gasteiger partial charge in [0, 0.05) is 17.2 Å². The topological polar surface area (TPSA) is 72.8 Å². The number of hydrogen-bond acceptors (Lipinski definition) is 5. The Morgan fingerprint density at radius 2 is 2.06 bits per heavy atom. The Morgan fingerprint density at radius 3 is 2.71 bits per heavy atom. The van der Waals surface area contributed by atoms with Gasteiger partial charge in [-0.15, -0.1) is 0 Å². The Bertz CT molecular complexity index is 652. The number of sulfone groups is 1. The van der Waals surface area contributed by atoms with Crippen molar-refractivity contribution in [3.05, 3.63) is 40.0 Å². The fourth-order valence-electron chi connectivity index (χ4n) is 1.82. The maximum Gasteiger partial charge on any atom is 0.151 e. The zero-order chi connectivity index (χ0) is 12.6. The van der Waals surface area contributed by atoms with Crippen LogP contribution < -0.4 is 10.6 Å². The van der Waals surface area contributed by atoms with Gasteiger partial charge in [0.05, 0.1) is 11.1 Å². The first-order valence-corrected chi connectivity index (χ1v) is 7.22. The van der Waals surface area contributed by atoms with Crippen molar-refractivity contribution in [3.63, 3.8) is 0 Å². The summed E-state index contributed by atoms with van der Waals surface area (Å²) in [6.45, 7) is 1.68. The van der Waals surface area contributed by atoms with Crippen molar-refractivity contribution in [2.24, 2.45) is 4.99 Å². The summed E-state index contributed by atoms with van der Waals surface area (Å²) >= 11 is 0. The molecule has 2 rings (SSSR count). The van der Waals surface area contributed by atoms with Crippen LogP contribution in [0.25, 0.3) is 5.70 Å². The molecule has 0 amide bonds. The van der Waals surface area contributed by atoms with E-state index in [4.69, 9.17) is 0 Å². The number of para-hydroxylation sites is 1. The van der Waals surface area contributed by atoms with Crippen molar-refractivity contribution < 1.29 is 8.42 Å². The molecular formula is C11H13N2O3S-. The molecule has 6 heteroatoms. The zero-order valence-electron chi connectivity index (χ0n) is 9.62. The quantitative estimate of drug-likeness (QED) is 0.720. The number of fused-ring (bicyclic) bond motifs is 1. The summed E-state index contributed by atoms with van der Waals surface area (Å²) in [7, 11) is -3.23. The predicted molar refractivity (Wildman–Crippen MR) is 65.0 cm³/mol. The molecule has 0 bridgehead atoms. The van der Waals surface area contributed by atoms with Crippen molar-refractivity contribution in [2.75, 3.05) is 12.0 Å². The molecule has 0 aromatic heterocycles. The van der Waals surface area contributed by atoms with Crippen LogP contribution in [0.1, 0.15) is 6.92 Å². The second-order valence-corrected chi connectivity index (χ2v) is 6.32. The minimum absolute atomic E-state index is 0.262. The van der Waals surface area contributed by atoms with Crippen LogP contribution in [0.4, 0.5) is 0 Å². The van der Waals surface area contributed by atoms with E-state index in [1.54, 1.807) is 19.1 Å². The third kappa shape index (κ3) is 2.48. The molecule has 5 nitrogen and oxygen atoms in total. The van der Waals surface area contributed by atoms with Gasteiger partial charge in [0.25, 0.3) is 0 Å². The Hall–Kier alpha value is -1.40. The van der Waals surface area contributed by atoms with Gasteiger partial charge in [-0.2, -0.15) is 0 Å². The van der Waals surface area contributed by atoms with Gasteiger partial charge >= 0.3 is 0 Å². The highest BCUT2D eigenvalue weighted by atomic mass is 32.2. The summed E-state index contributed by atoms with van der Waals surface area (Å²) in [4.78, 5) is 4.18. The predicted octanol–water partition coefficient (Wildman–Crippen LogP) is -0.382. The van der Waals surface area contributed by atoms with Crippen molar-refractivity contribution in [3.8, 4) is 0 Å². The van der Waals surface area contributed by atoms with Crippen molar-refractivity contribution in [1.29, 1.82) is 0 Å². The van der Waals surface area contributed by atoms with Crippen LogP contribution >= 0.6 is 0 Å². The molecule has 0 spiro atoms. The summed E-state index contributed by atoms with van der Waals surface area (Å²) in [6.07, 6.45) is 0.228. The van der Waals surface area contributed by atoms with E-state index < -0.39 is 16.0 Å². The van der Waals surface area contributed by atoms with Crippen LogP contribution in [-0.2, 0) is 9.84 Å². The SMILES string of the molecule is CC1=c2ccccc2=NC(CS(C)(=O)=O)N1[O-]. The van der Waals surface area contributed by atoms with Gasteiger partial charge in [0.15, 0.2) is 9.84 Å².